The molecule has 0 aromatic heterocycles. The van der Waals surface area contributed by atoms with E-state index in [1.807, 2.05) is 0 Å². The summed E-state index contributed by atoms with van der Waals surface area (Å²) in [5.41, 5.74) is 1.50. The van der Waals surface area contributed by atoms with Crippen molar-refractivity contribution < 1.29 is 22.3 Å². The lowest BCUT2D eigenvalue weighted by Gasteiger charge is -2.57. The van der Waals surface area contributed by atoms with Crippen molar-refractivity contribution in [3.8, 4) is 0 Å². The molecule has 0 aromatic rings. The molecule has 7 atom stereocenters. The number of allylic oxidation sites excluding steroid dienone is 1. The molecule has 2 N–H and O–H groups in total. The molecule has 0 amide bonds. The molecule has 0 radical (unpaired) electrons. The summed E-state index contributed by atoms with van der Waals surface area (Å²) in [4.78, 5) is 0. The SMILES string of the molecule is C[C@]12CC[C@H](OS(=O)(=O)O)CC1=CC[C@@H]1[C@@H]2CC[C@]2(C)C(O)CC[C@@H]12. The van der Waals surface area contributed by atoms with Gasteiger partial charge in [-0.05, 0) is 80.0 Å². The van der Waals surface area contributed by atoms with E-state index in [1.165, 1.54) is 5.57 Å². The molecule has 4 aliphatic carbocycles. The normalized spacial score (nSPS) is 49.8. The molecule has 5 nitrogen and oxygen atoms in total. The van der Waals surface area contributed by atoms with E-state index in [2.05, 4.69) is 19.9 Å². The van der Waals surface area contributed by atoms with Crippen LogP contribution in [0.2, 0.25) is 0 Å². The van der Waals surface area contributed by atoms with Crippen LogP contribution in [0.15, 0.2) is 11.6 Å². The molecule has 0 saturated heterocycles. The minimum atomic E-state index is -4.39. The second-order valence-electron chi connectivity index (χ2n) is 9.29. The van der Waals surface area contributed by atoms with Gasteiger partial charge in [-0.1, -0.05) is 25.5 Å². The lowest BCUT2D eigenvalue weighted by Crippen LogP contribution is -2.51. The van der Waals surface area contributed by atoms with Gasteiger partial charge in [0, 0.05) is 0 Å². The lowest BCUT2D eigenvalue weighted by molar-refractivity contribution is -0.0703. The van der Waals surface area contributed by atoms with Crippen LogP contribution in [0.25, 0.3) is 0 Å². The number of fused-ring (bicyclic) bond motifs is 5. The summed E-state index contributed by atoms with van der Waals surface area (Å²) in [6, 6.07) is 0. The minimum absolute atomic E-state index is 0.0775. The molecule has 0 aromatic carbocycles. The summed E-state index contributed by atoms with van der Waals surface area (Å²) in [6.07, 6.45) is 9.23. The first-order valence-electron chi connectivity index (χ1n) is 9.67. The minimum Gasteiger partial charge on any atom is -0.393 e. The van der Waals surface area contributed by atoms with Gasteiger partial charge in [-0.15, -0.1) is 0 Å². The largest absolute Gasteiger partial charge is 0.397 e. The molecular weight excluding hydrogens is 340 g/mol. The first kappa shape index (κ1) is 18.0. The molecule has 0 aliphatic heterocycles. The number of aliphatic hydroxyl groups is 1. The predicted molar refractivity (Wildman–Crippen MR) is 94.1 cm³/mol. The van der Waals surface area contributed by atoms with E-state index in [4.69, 9.17) is 8.74 Å². The fourth-order valence-corrected chi connectivity index (χ4v) is 7.36. The second-order valence-corrected chi connectivity index (χ2v) is 10.3. The van der Waals surface area contributed by atoms with Crippen molar-refractivity contribution in [3.05, 3.63) is 11.6 Å². The van der Waals surface area contributed by atoms with Gasteiger partial charge in [0.05, 0.1) is 12.2 Å². The van der Waals surface area contributed by atoms with Crippen molar-refractivity contribution in [2.24, 2.45) is 28.6 Å². The number of aliphatic hydroxyl groups excluding tert-OH is 1. The Hall–Kier alpha value is -0.430. The molecule has 0 heterocycles. The molecule has 142 valence electrons. The summed E-state index contributed by atoms with van der Waals surface area (Å²) in [7, 11) is -4.39. The van der Waals surface area contributed by atoms with Crippen molar-refractivity contribution >= 4 is 10.4 Å². The fraction of sp³-hybridized carbons (Fsp3) is 0.895. The van der Waals surface area contributed by atoms with Crippen molar-refractivity contribution in [1.29, 1.82) is 0 Å². The van der Waals surface area contributed by atoms with E-state index in [0.29, 0.717) is 30.6 Å². The maximum Gasteiger partial charge on any atom is 0.397 e. The van der Waals surface area contributed by atoms with E-state index in [0.717, 1.165) is 38.5 Å². The van der Waals surface area contributed by atoms with Crippen molar-refractivity contribution in [1.82, 2.24) is 0 Å². The second kappa shape index (κ2) is 5.78. The van der Waals surface area contributed by atoms with E-state index in [1.54, 1.807) is 0 Å². The van der Waals surface area contributed by atoms with Crippen LogP contribution in [-0.4, -0.2) is 30.3 Å². The highest BCUT2D eigenvalue weighted by molar-refractivity contribution is 7.80. The van der Waals surface area contributed by atoms with E-state index < -0.39 is 16.5 Å². The van der Waals surface area contributed by atoms with Crippen LogP contribution < -0.4 is 0 Å². The standard InChI is InChI=1S/C19H30O5S/c1-18-9-7-13(24-25(21,22)23)11-12(18)3-4-14-15-5-6-17(20)19(15,2)10-8-16(14)18/h3,13-17,20H,4-11H2,1-2H3,(H,21,22,23)/t13-,14-,15-,16-,17?,18-,19-/m0/s1. The van der Waals surface area contributed by atoms with Gasteiger partial charge in [0.1, 0.15) is 0 Å². The monoisotopic (exact) mass is 370 g/mol. The van der Waals surface area contributed by atoms with Crippen molar-refractivity contribution in [3.63, 3.8) is 0 Å². The highest BCUT2D eigenvalue weighted by atomic mass is 32.3. The molecule has 3 fully saturated rings. The van der Waals surface area contributed by atoms with Gasteiger partial charge in [0.2, 0.25) is 0 Å². The quantitative estimate of drug-likeness (QED) is 0.574. The first-order chi connectivity index (χ1) is 11.6. The zero-order chi connectivity index (χ0) is 18.0. The fourth-order valence-electron chi connectivity index (χ4n) is 6.85. The third-order valence-electron chi connectivity index (χ3n) is 8.27. The van der Waals surface area contributed by atoms with Gasteiger partial charge < -0.3 is 5.11 Å². The van der Waals surface area contributed by atoms with Crippen LogP contribution in [0.4, 0.5) is 0 Å². The molecule has 0 spiro atoms. The molecule has 6 heteroatoms. The van der Waals surface area contributed by atoms with Gasteiger partial charge >= 0.3 is 10.4 Å². The van der Waals surface area contributed by atoms with Gasteiger partial charge in [0.15, 0.2) is 0 Å². The molecule has 3 saturated carbocycles. The van der Waals surface area contributed by atoms with Crippen LogP contribution in [0.3, 0.4) is 0 Å². The maximum absolute atomic E-state index is 11.0. The van der Waals surface area contributed by atoms with Crippen LogP contribution in [0.5, 0.6) is 0 Å². The Morgan fingerprint density at radius 2 is 1.88 bits per heavy atom. The zero-order valence-corrected chi connectivity index (χ0v) is 16.0. The molecule has 4 rings (SSSR count). The number of rotatable bonds is 2. The van der Waals surface area contributed by atoms with Gasteiger partial charge in [-0.2, -0.15) is 8.42 Å². The third-order valence-corrected chi connectivity index (χ3v) is 8.78. The average Bonchev–Trinajstić information content (AvgIpc) is 2.82. The third kappa shape index (κ3) is 2.80. The summed E-state index contributed by atoms with van der Waals surface area (Å²) in [5.74, 6) is 1.84. The van der Waals surface area contributed by atoms with Gasteiger partial charge in [0.25, 0.3) is 0 Å². The Morgan fingerprint density at radius 1 is 1.12 bits per heavy atom. The number of hydrogen-bond acceptors (Lipinski definition) is 4. The predicted octanol–water partition coefficient (Wildman–Crippen LogP) is 3.50. The Morgan fingerprint density at radius 3 is 2.60 bits per heavy atom. The highest BCUT2D eigenvalue weighted by Gasteiger charge is 2.58. The van der Waals surface area contributed by atoms with Crippen LogP contribution >= 0.6 is 0 Å². The molecule has 1 unspecified atom stereocenters. The van der Waals surface area contributed by atoms with Crippen LogP contribution in [-0.2, 0) is 14.6 Å². The Kier molecular flexibility index (Phi) is 4.15. The lowest BCUT2D eigenvalue weighted by atomic mass is 9.48. The smallest absolute Gasteiger partial charge is 0.393 e. The Balaban J connectivity index is 1.58. The molecule has 0 bridgehead atoms. The van der Waals surface area contributed by atoms with Crippen LogP contribution in [0, 0.1) is 28.6 Å². The summed E-state index contributed by atoms with van der Waals surface area (Å²) in [5, 5.41) is 10.5. The first-order valence-corrected chi connectivity index (χ1v) is 11.0. The summed E-state index contributed by atoms with van der Waals surface area (Å²) >= 11 is 0. The summed E-state index contributed by atoms with van der Waals surface area (Å²) < 4.78 is 35.9. The van der Waals surface area contributed by atoms with E-state index in [-0.39, 0.29) is 16.9 Å². The zero-order valence-electron chi connectivity index (χ0n) is 15.1. The van der Waals surface area contributed by atoms with Gasteiger partial charge in [-0.25, -0.2) is 4.18 Å². The van der Waals surface area contributed by atoms with Gasteiger partial charge in [-0.3, -0.25) is 4.55 Å². The average molecular weight is 371 g/mol. The van der Waals surface area contributed by atoms with E-state index >= 15 is 0 Å². The van der Waals surface area contributed by atoms with Crippen LogP contribution in [0.1, 0.15) is 65.2 Å². The maximum atomic E-state index is 11.0. The number of hydrogen-bond donors (Lipinski definition) is 2. The Bertz CT molecular complexity index is 686. The summed E-state index contributed by atoms with van der Waals surface area (Å²) in [6.45, 7) is 4.62. The Labute approximate surface area is 150 Å². The molecular formula is C19H30O5S. The van der Waals surface area contributed by atoms with Crippen molar-refractivity contribution in [2.45, 2.75) is 77.4 Å². The topological polar surface area (TPSA) is 83.8 Å². The van der Waals surface area contributed by atoms with E-state index in [9.17, 15) is 13.5 Å². The molecule has 25 heavy (non-hydrogen) atoms. The highest BCUT2D eigenvalue weighted by Crippen LogP contribution is 2.64. The molecule has 4 aliphatic rings. The van der Waals surface area contributed by atoms with Crippen molar-refractivity contribution in [2.75, 3.05) is 0 Å².